The minimum absolute atomic E-state index is 0.0601. The fourth-order valence-corrected chi connectivity index (χ4v) is 6.08. The third-order valence-electron chi connectivity index (χ3n) is 8.83. The summed E-state index contributed by atoms with van der Waals surface area (Å²) in [6.45, 7) is 9.90. The number of nitrogens with one attached hydrogen (secondary N) is 1. The molecule has 9 nitrogen and oxygen atoms in total. The van der Waals surface area contributed by atoms with Gasteiger partial charge in [0, 0.05) is 25.7 Å². The molecule has 0 heterocycles. The molecule has 0 atom stereocenters. The number of unbranched alkanes of at least 4 members (excludes halogenated alkanes) is 10. The number of carbonyl (C=O) groups excluding carboxylic acids is 1. The van der Waals surface area contributed by atoms with E-state index < -0.39 is 6.09 Å². The van der Waals surface area contributed by atoms with Crippen molar-refractivity contribution in [2.75, 3.05) is 92.4 Å². The molecule has 0 radical (unpaired) electrons. The van der Waals surface area contributed by atoms with Gasteiger partial charge in [-0.25, -0.2) is 4.79 Å². The van der Waals surface area contributed by atoms with Crippen LogP contribution in [0.5, 0.6) is 0 Å². The van der Waals surface area contributed by atoms with E-state index in [2.05, 4.69) is 36.5 Å². The van der Waals surface area contributed by atoms with E-state index in [1.165, 1.54) is 86.5 Å². The Morgan fingerprint density at radius 2 is 0.880 bits per heavy atom. The maximum absolute atomic E-state index is 12.3. The van der Waals surface area contributed by atoms with Gasteiger partial charge in [-0.2, -0.15) is 0 Å². The van der Waals surface area contributed by atoms with E-state index in [0.717, 1.165) is 13.0 Å². The zero-order valence-corrected chi connectivity index (χ0v) is 30.8. The molecule has 0 aliphatic heterocycles. The monoisotopic (exact) mass is 699 g/mol. The molecule has 3 rings (SSSR count). The lowest BCUT2D eigenvalue weighted by Gasteiger charge is -2.14. The first-order chi connectivity index (χ1) is 24.8. The molecule has 282 valence electrons. The molecular weight excluding hydrogens is 634 g/mol. The van der Waals surface area contributed by atoms with Crippen LogP contribution in [0.2, 0.25) is 0 Å². The van der Waals surface area contributed by atoms with Gasteiger partial charge < -0.3 is 38.5 Å². The molecular formula is C41H65NO8. The van der Waals surface area contributed by atoms with Gasteiger partial charge in [-0.15, -0.1) is 0 Å². The molecule has 0 saturated carbocycles. The molecule has 50 heavy (non-hydrogen) atoms. The standard InChI is InChI=1S/C41H65NO8/c1-2-3-4-5-6-7-8-9-10-11-16-23-44-25-27-46-29-31-48-33-34-49-32-30-47-28-26-45-24-17-22-42-41(43)50-35-40-38-20-14-12-18-36(38)37-19-13-15-21-39(37)40/h12-15,18-21,40H,2-11,16-17,22-35H2,1H3,(H,42,43). The van der Waals surface area contributed by atoms with Gasteiger partial charge in [0.05, 0.1) is 66.1 Å². The Labute approximate surface area is 302 Å². The summed E-state index contributed by atoms with van der Waals surface area (Å²) in [5, 5.41) is 2.82. The van der Waals surface area contributed by atoms with Crippen molar-refractivity contribution in [1.82, 2.24) is 5.32 Å². The number of hydrogen-bond acceptors (Lipinski definition) is 8. The Morgan fingerprint density at radius 1 is 0.500 bits per heavy atom. The lowest BCUT2D eigenvalue weighted by Crippen LogP contribution is -2.27. The topological polar surface area (TPSA) is 93.7 Å². The predicted octanol–water partition coefficient (Wildman–Crippen LogP) is 8.33. The quantitative estimate of drug-likeness (QED) is 0.0744. The molecule has 1 aliphatic rings. The molecule has 9 heteroatoms. The van der Waals surface area contributed by atoms with Crippen molar-refractivity contribution in [1.29, 1.82) is 0 Å². The number of ether oxygens (including phenoxy) is 7. The fraction of sp³-hybridized carbons (Fsp3) is 0.683. The predicted molar refractivity (Wildman–Crippen MR) is 199 cm³/mol. The summed E-state index contributed by atoms with van der Waals surface area (Å²) < 4.78 is 39.0. The first-order valence-corrected chi connectivity index (χ1v) is 19.4. The normalized spacial score (nSPS) is 12.3. The minimum atomic E-state index is -0.403. The zero-order chi connectivity index (χ0) is 35.2. The summed E-state index contributed by atoms with van der Waals surface area (Å²) >= 11 is 0. The van der Waals surface area contributed by atoms with Crippen LogP contribution in [0.3, 0.4) is 0 Å². The Balaban J connectivity index is 0.971. The molecule has 0 fully saturated rings. The van der Waals surface area contributed by atoms with Crippen LogP contribution in [-0.2, 0) is 33.2 Å². The second kappa shape index (κ2) is 29.1. The Morgan fingerprint density at radius 3 is 1.34 bits per heavy atom. The van der Waals surface area contributed by atoms with Gasteiger partial charge >= 0.3 is 6.09 Å². The summed E-state index contributed by atoms with van der Waals surface area (Å²) in [5.41, 5.74) is 4.84. The lowest BCUT2D eigenvalue weighted by atomic mass is 9.98. The number of amides is 1. The molecule has 0 unspecified atom stereocenters. The van der Waals surface area contributed by atoms with Crippen molar-refractivity contribution in [3.05, 3.63) is 59.7 Å². The second-order valence-electron chi connectivity index (χ2n) is 12.8. The fourth-order valence-electron chi connectivity index (χ4n) is 6.08. The van der Waals surface area contributed by atoms with Crippen LogP contribution in [0.15, 0.2) is 48.5 Å². The van der Waals surface area contributed by atoms with E-state index in [4.69, 9.17) is 33.2 Å². The second-order valence-corrected chi connectivity index (χ2v) is 12.8. The largest absolute Gasteiger partial charge is 0.449 e. The van der Waals surface area contributed by atoms with Crippen LogP contribution in [0.1, 0.15) is 101 Å². The summed E-state index contributed by atoms with van der Waals surface area (Å²) in [6.07, 6.45) is 15.1. The van der Waals surface area contributed by atoms with E-state index in [0.29, 0.717) is 92.2 Å². The molecule has 2 aromatic carbocycles. The first kappa shape index (κ1) is 41.9. The van der Waals surface area contributed by atoms with E-state index >= 15 is 0 Å². The number of carbonyl (C=O) groups is 1. The van der Waals surface area contributed by atoms with Crippen molar-refractivity contribution >= 4 is 6.09 Å². The molecule has 1 amide bonds. The van der Waals surface area contributed by atoms with Crippen LogP contribution in [-0.4, -0.2) is 98.5 Å². The average molecular weight is 700 g/mol. The minimum Gasteiger partial charge on any atom is -0.449 e. The summed E-state index contributed by atoms with van der Waals surface area (Å²) in [7, 11) is 0. The zero-order valence-electron chi connectivity index (χ0n) is 30.8. The van der Waals surface area contributed by atoms with Crippen molar-refractivity contribution in [3.63, 3.8) is 0 Å². The van der Waals surface area contributed by atoms with Crippen molar-refractivity contribution in [3.8, 4) is 11.1 Å². The van der Waals surface area contributed by atoms with Crippen molar-refractivity contribution < 1.29 is 38.0 Å². The van der Waals surface area contributed by atoms with E-state index in [1.54, 1.807) is 0 Å². The molecule has 0 aromatic heterocycles. The molecule has 2 aromatic rings. The Hall–Kier alpha value is -2.53. The Bertz CT molecular complexity index is 1070. The number of benzene rings is 2. The van der Waals surface area contributed by atoms with Crippen LogP contribution in [0.25, 0.3) is 11.1 Å². The van der Waals surface area contributed by atoms with Crippen LogP contribution >= 0.6 is 0 Å². The van der Waals surface area contributed by atoms with Gasteiger partial charge in [0.1, 0.15) is 6.61 Å². The molecule has 0 spiro atoms. The maximum atomic E-state index is 12.3. The average Bonchev–Trinajstić information content (AvgIpc) is 3.46. The highest BCUT2D eigenvalue weighted by molar-refractivity contribution is 5.79. The lowest BCUT2D eigenvalue weighted by molar-refractivity contribution is -0.0169. The maximum Gasteiger partial charge on any atom is 0.407 e. The summed E-state index contributed by atoms with van der Waals surface area (Å²) in [5.74, 6) is 0.0601. The third kappa shape index (κ3) is 18.6. The smallest absolute Gasteiger partial charge is 0.407 e. The van der Waals surface area contributed by atoms with E-state index in [-0.39, 0.29) is 5.92 Å². The third-order valence-corrected chi connectivity index (χ3v) is 8.83. The van der Waals surface area contributed by atoms with Crippen LogP contribution < -0.4 is 5.32 Å². The van der Waals surface area contributed by atoms with Gasteiger partial charge in [-0.3, -0.25) is 0 Å². The SMILES string of the molecule is CCCCCCCCCCCCCOCCOCCOCCOCCOCCOCCCNC(=O)OCC1c2ccccc2-c2ccccc21. The number of alkyl carbamates (subject to hydrolysis) is 1. The highest BCUT2D eigenvalue weighted by atomic mass is 16.6. The highest BCUT2D eigenvalue weighted by Gasteiger charge is 2.28. The first-order valence-electron chi connectivity index (χ1n) is 19.4. The number of rotatable bonds is 33. The van der Waals surface area contributed by atoms with Crippen LogP contribution in [0.4, 0.5) is 4.79 Å². The van der Waals surface area contributed by atoms with Gasteiger partial charge in [0.15, 0.2) is 0 Å². The van der Waals surface area contributed by atoms with Crippen molar-refractivity contribution in [2.45, 2.75) is 89.9 Å². The molecule has 1 aliphatic carbocycles. The summed E-state index contributed by atoms with van der Waals surface area (Å²) in [4.78, 5) is 12.3. The molecule has 1 N–H and O–H groups in total. The van der Waals surface area contributed by atoms with Gasteiger partial charge in [-0.05, 0) is 35.1 Å². The molecule has 0 saturated heterocycles. The van der Waals surface area contributed by atoms with Gasteiger partial charge in [0.25, 0.3) is 0 Å². The van der Waals surface area contributed by atoms with Gasteiger partial charge in [-0.1, -0.05) is 120 Å². The van der Waals surface area contributed by atoms with E-state index in [9.17, 15) is 4.79 Å². The van der Waals surface area contributed by atoms with Crippen molar-refractivity contribution in [2.24, 2.45) is 0 Å². The highest BCUT2D eigenvalue weighted by Crippen LogP contribution is 2.44. The number of hydrogen-bond donors (Lipinski definition) is 1. The number of fused-ring (bicyclic) bond motifs is 3. The van der Waals surface area contributed by atoms with Gasteiger partial charge in [0.2, 0.25) is 0 Å². The van der Waals surface area contributed by atoms with Crippen LogP contribution in [0, 0.1) is 0 Å². The van der Waals surface area contributed by atoms with E-state index in [1.807, 2.05) is 24.3 Å². The Kier molecular flexibility index (Phi) is 24.4. The molecule has 0 bridgehead atoms. The summed E-state index contributed by atoms with van der Waals surface area (Å²) in [6, 6.07) is 16.6.